The third-order valence-electron chi connectivity index (χ3n) is 4.93. The Balaban J connectivity index is 1.45. The molecule has 0 saturated carbocycles. The molecule has 1 fully saturated rings. The second kappa shape index (κ2) is 9.93. The molecule has 1 atom stereocenters. The van der Waals surface area contributed by atoms with Gasteiger partial charge in [-0.15, -0.1) is 0 Å². The second-order valence-electron chi connectivity index (χ2n) is 7.22. The quantitative estimate of drug-likeness (QED) is 0.701. The number of urea groups is 1. The molecule has 2 aromatic rings. The molecule has 1 heterocycles. The topological polar surface area (TPSA) is 82.7 Å². The van der Waals surface area contributed by atoms with Crippen LogP contribution in [0.25, 0.3) is 0 Å². The lowest BCUT2D eigenvalue weighted by Gasteiger charge is -2.33. The molecule has 0 aliphatic carbocycles. The first-order valence-corrected chi connectivity index (χ1v) is 9.79. The van der Waals surface area contributed by atoms with Gasteiger partial charge in [0.2, 0.25) is 5.91 Å². The van der Waals surface area contributed by atoms with E-state index < -0.39 is 0 Å². The molecular weight excluding hydrogens is 368 g/mol. The van der Waals surface area contributed by atoms with E-state index in [1.807, 2.05) is 31.2 Å². The number of carbonyl (C=O) groups excluding carboxylic acids is 2. The standard InChI is InChI=1S/C22H28N4O3/c1-16-3-5-17(6-4-16)14-24-21(27)13-19-15-26(12-11-23-19)22(28)25-18-7-9-20(29-2)10-8-18/h3-10,19,23H,11-15H2,1-2H3,(H,24,27)(H,25,28). The molecule has 29 heavy (non-hydrogen) atoms. The lowest BCUT2D eigenvalue weighted by Crippen LogP contribution is -2.54. The van der Waals surface area contributed by atoms with Crippen molar-refractivity contribution in [2.75, 3.05) is 32.1 Å². The van der Waals surface area contributed by atoms with E-state index in [1.54, 1.807) is 36.3 Å². The molecule has 3 amide bonds. The minimum Gasteiger partial charge on any atom is -0.497 e. The van der Waals surface area contributed by atoms with Crippen molar-refractivity contribution in [2.24, 2.45) is 0 Å². The lowest BCUT2D eigenvalue weighted by molar-refractivity contribution is -0.121. The predicted octanol–water partition coefficient (Wildman–Crippen LogP) is 2.52. The van der Waals surface area contributed by atoms with Crippen LogP contribution in [-0.2, 0) is 11.3 Å². The third-order valence-corrected chi connectivity index (χ3v) is 4.93. The number of ether oxygens (including phenoxy) is 1. The van der Waals surface area contributed by atoms with Crippen LogP contribution in [0.15, 0.2) is 48.5 Å². The van der Waals surface area contributed by atoms with Crippen LogP contribution in [0.5, 0.6) is 5.75 Å². The van der Waals surface area contributed by atoms with Crippen molar-refractivity contribution in [3.63, 3.8) is 0 Å². The Kier molecular flexibility index (Phi) is 7.08. The highest BCUT2D eigenvalue weighted by Crippen LogP contribution is 2.16. The summed E-state index contributed by atoms with van der Waals surface area (Å²) in [4.78, 5) is 26.6. The molecule has 0 aromatic heterocycles. The summed E-state index contributed by atoms with van der Waals surface area (Å²) >= 11 is 0. The normalized spacial score (nSPS) is 16.2. The number of nitrogens with one attached hydrogen (secondary N) is 3. The Bertz CT molecular complexity index is 821. The number of aryl methyl sites for hydroxylation is 1. The van der Waals surface area contributed by atoms with E-state index in [1.165, 1.54) is 5.56 Å². The first kappa shape index (κ1) is 20.7. The van der Waals surface area contributed by atoms with Crippen molar-refractivity contribution >= 4 is 17.6 Å². The van der Waals surface area contributed by atoms with Gasteiger partial charge in [-0.2, -0.15) is 0 Å². The highest BCUT2D eigenvalue weighted by molar-refractivity contribution is 5.89. The molecule has 7 heteroatoms. The van der Waals surface area contributed by atoms with Gasteiger partial charge in [0.15, 0.2) is 0 Å². The van der Waals surface area contributed by atoms with E-state index in [2.05, 4.69) is 16.0 Å². The van der Waals surface area contributed by atoms with Crippen LogP contribution in [-0.4, -0.2) is 49.6 Å². The number of methoxy groups -OCH3 is 1. The number of rotatable bonds is 6. The van der Waals surface area contributed by atoms with Crippen LogP contribution in [0.1, 0.15) is 17.5 Å². The van der Waals surface area contributed by atoms with Gasteiger partial charge in [-0.1, -0.05) is 29.8 Å². The number of carbonyl (C=O) groups is 2. The number of amides is 3. The summed E-state index contributed by atoms with van der Waals surface area (Å²) < 4.78 is 5.13. The van der Waals surface area contributed by atoms with Gasteiger partial charge >= 0.3 is 6.03 Å². The number of nitrogens with zero attached hydrogens (tertiary/aromatic N) is 1. The highest BCUT2D eigenvalue weighted by Gasteiger charge is 2.25. The van der Waals surface area contributed by atoms with E-state index in [0.717, 1.165) is 11.3 Å². The molecule has 3 N–H and O–H groups in total. The van der Waals surface area contributed by atoms with Gasteiger partial charge < -0.3 is 25.6 Å². The van der Waals surface area contributed by atoms with Crippen LogP contribution in [0.2, 0.25) is 0 Å². The van der Waals surface area contributed by atoms with Gasteiger partial charge in [0.05, 0.1) is 7.11 Å². The second-order valence-corrected chi connectivity index (χ2v) is 7.22. The van der Waals surface area contributed by atoms with Crippen LogP contribution < -0.4 is 20.7 Å². The third kappa shape index (κ3) is 6.22. The number of benzene rings is 2. The number of piperazine rings is 1. The first-order valence-electron chi connectivity index (χ1n) is 9.79. The van der Waals surface area contributed by atoms with Gasteiger partial charge in [-0.05, 0) is 36.8 Å². The molecule has 3 rings (SSSR count). The van der Waals surface area contributed by atoms with Gasteiger partial charge in [0, 0.05) is 44.3 Å². The van der Waals surface area contributed by atoms with Crippen molar-refractivity contribution in [3.8, 4) is 5.75 Å². The van der Waals surface area contributed by atoms with Crippen molar-refractivity contribution in [1.29, 1.82) is 0 Å². The van der Waals surface area contributed by atoms with E-state index in [9.17, 15) is 9.59 Å². The maximum atomic E-state index is 12.5. The fraction of sp³-hybridized carbons (Fsp3) is 0.364. The summed E-state index contributed by atoms with van der Waals surface area (Å²) in [5.74, 6) is 0.711. The Morgan fingerprint density at radius 1 is 1.14 bits per heavy atom. The summed E-state index contributed by atoms with van der Waals surface area (Å²) in [5.41, 5.74) is 2.97. The fourth-order valence-electron chi connectivity index (χ4n) is 3.23. The summed E-state index contributed by atoms with van der Waals surface area (Å²) in [6.45, 7) is 4.29. The van der Waals surface area contributed by atoms with Gasteiger partial charge in [-0.3, -0.25) is 4.79 Å². The molecule has 154 valence electrons. The van der Waals surface area contributed by atoms with Crippen LogP contribution in [0.3, 0.4) is 0 Å². The molecule has 2 aromatic carbocycles. The smallest absolute Gasteiger partial charge is 0.321 e. The largest absolute Gasteiger partial charge is 0.497 e. The van der Waals surface area contributed by atoms with Crippen molar-refractivity contribution < 1.29 is 14.3 Å². The molecular formula is C22H28N4O3. The number of hydrogen-bond donors (Lipinski definition) is 3. The average Bonchev–Trinajstić information content (AvgIpc) is 2.74. The number of anilines is 1. The van der Waals surface area contributed by atoms with Gasteiger partial charge in [-0.25, -0.2) is 4.79 Å². The minimum atomic E-state index is -0.165. The lowest BCUT2D eigenvalue weighted by atomic mass is 10.1. The maximum absolute atomic E-state index is 12.5. The average molecular weight is 396 g/mol. The molecule has 1 saturated heterocycles. The van der Waals surface area contributed by atoms with Crippen molar-refractivity contribution in [1.82, 2.24) is 15.5 Å². The van der Waals surface area contributed by atoms with Gasteiger partial charge in [0.1, 0.15) is 5.75 Å². The molecule has 1 aliphatic rings. The summed E-state index contributed by atoms with van der Waals surface area (Å²) in [5, 5.41) is 9.16. The van der Waals surface area contributed by atoms with Crippen molar-refractivity contribution in [2.45, 2.75) is 25.9 Å². The first-order chi connectivity index (χ1) is 14.0. The zero-order valence-electron chi connectivity index (χ0n) is 16.9. The Morgan fingerprint density at radius 2 is 1.86 bits per heavy atom. The highest BCUT2D eigenvalue weighted by atomic mass is 16.5. The Hall–Kier alpha value is -3.06. The van der Waals surface area contributed by atoms with Gasteiger partial charge in [0.25, 0.3) is 0 Å². The predicted molar refractivity (Wildman–Crippen MR) is 113 cm³/mol. The van der Waals surface area contributed by atoms with E-state index >= 15 is 0 Å². The van der Waals surface area contributed by atoms with E-state index in [-0.39, 0.29) is 18.0 Å². The van der Waals surface area contributed by atoms with Crippen LogP contribution in [0.4, 0.5) is 10.5 Å². The zero-order chi connectivity index (χ0) is 20.6. The fourth-order valence-corrected chi connectivity index (χ4v) is 3.23. The SMILES string of the molecule is COc1ccc(NC(=O)N2CCNC(CC(=O)NCc3ccc(C)cc3)C2)cc1. The summed E-state index contributed by atoms with van der Waals surface area (Å²) in [6.07, 6.45) is 0.332. The molecule has 1 aliphatic heterocycles. The van der Waals surface area contributed by atoms with Crippen LogP contribution >= 0.6 is 0 Å². The molecule has 0 spiro atoms. The van der Waals surface area contributed by atoms with Crippen molar-refractivity contribution in [3.05, 3.63) is 59.7 Å². The monoisotopic (exact) mass is 396 g/mol. The molecule has 0 bridgehead atoms. The summed E-state index contributed by atoms with van der Waals surface area (Å²) in [6, 6.07) is 15.1. The van der Waals surface area contributed by atoms with Crippen LogP contribution in [0, 0.1) is 6.92 Å². The number of hydrogen-bond acceptors (Lipinski definition) is 4. The Labute approximate surface area is 171 Å². The summed E-state index contributed by atoms with van der Waals surface area (Å²) in [7, 11) is 1.60. The molecule has 0 radical (unpaired) electrons. The van der Waals surface area contributed by atoms with E-state index in [4.69, 9.17) is 4.74 Å². The Morgan fingerprint density at radius 3 is 2.55 bits per heavy atom. The molecule has 1 unspecified atom stereocenters. The zero-order valence-corrected chi connectivity index (χ0v) is 16.9. The van der Waals surface area contributed by atoms with E-state index in [0.29, 0.717) is 38.3 Å². The molecule has 7 nitrogen and oxygen atoms in total. The minimum absolute atomic E-state index is 0.0273. The maximum Gasteiger partial charge on any atom is 0.321 e.